The van der Waals surface area contributed by atoms with Crippen LogP contribution in [0.4, 0.5) is 8.78 Å². The highest BCUT2D eigenvalue weighted by Gasteiger charge is 2.28. The van der Waals surface area contributed by atoms with E-state index in [0.717, 1.165) is 18.9 Å². The molecule has 1 fully saturated rings. The van der Waals surface area contributed by atoms with Crippen molar-refractivity contribution in [2.75, 3.05) is 0 Å². The van der Waals surface area contributed by atoms with E-state index in [1.807, 2.05) is 4.57 Å². The number of benzene rings is 1. The van der Waals surface area contributed by atoms with Crippen molar-refractivity contribution in [3.63, 3.8) is 0 Å². The van der Waals surface area contributed by atoms with Crippen LogP contribution in [0, 0.1) is 11.6 Å². The summed E-state index contributed by atoms with van der Waals surface area (Å²) in [5.74, 6) is -2.98. The van der Waals surface area contributed by atoms with E-state index < -0.39 is 17.6 Å². The molecular formula is C16H11F2N3O2. The van der Waals surface area contributed by atoms with Gasteiger partial charge in [-0.1, -0.05) is 0 Å². The average molecular weight is 315 g/mol. The van der Waals surface area contributed by atoms with Gasteiger partial charge in [0, 0.05) is 23.1 Å². The van der Waals surface area contributed by atoms with Crippen LogP contribution >= 0.6 is 0 Å². The van der Waals surface area contributed by atoms with Crippen LogP contribution in [0.15, 0.2) is 30.5 Å². The third-order valence-electron chi connectivity index (χ3n) is 3.96. The van der Waals surface area contributed by atoms with E-state index in [1.54, 1.807) is 6.07 Å². The van der Waals surface area contributed by atoms with E-state index in [9.17, 15) is 13.6 Å². The number of halogens is 2. The first kappa shape index (κ1) is 13.8. The van der Waals surface area contributed by atoms with Crippen molar-refractivity contribution in [3.05, 3.63) is 47.8 Å². The van der Waals surface area contributed by atoms with Gasteiger partial charge in [-0.2, -0.15) is 5.10 Å². The minimum absolute atomic E-state index is 0.174. The van der Waals surface area contributed by atoms with Crippen molar-refractivity contribution in [1.29, 1.82) is 0 Å². The van der Waals surface area contributed by atoms with Crippen molar-refractivity contribution < 1.29 is 18.7 Å². The molecule has 3 aromatic rings. The molecule has 1 saturated carbocycles. The molecule has 1 aliphatic carbocycles. The first-order valence-electron chi connectivity index (χ1n) is 7.11. The van der Waals surface area contributed by atoms with Gasteiger partial charge >= 0.3 is 5.97 Å². The smallest absolute Gasteiger partial charge is 0.356 e. The first-order valence-corrected chi connectivity index (χ1v) is 7.11. The zero-order valence-electron chi connectivity index (χ0n) is 11.8. The quantitative estimate of drug-likeness (QED) is 0.804. The van der Waals surface area contributed by atoms with Crippen LogP contribution in [-0.4, -0.2) is 25.8 Å². The monoisotopic (exact) mass is 315 g/mol. The molecule has 0 amide bonds. The van der Waals surface area contributed by atoms with Gasteiger partial charge in [0.25, 0.3) is 0 Å². The van der Waals surface area contributed by atoms with Gasteiger partial charge in [0.1, 0.15) is 0 Å². The van der Waals surface area contributed by atoms with E-state index in [4.69, 9.17) is 5.11 Å². The Balaban J connectivity index is 1.98. The molecule has 0 aliphatic heterocycles. The molecule has 1 aromatic carbocycles. The number of fused-ring (bicyclic) bond motifs is 1. The maximum atomic E-state index is 13.6. The summed E-state index contributed by atoms with van der Waals surface area (Å²) in [4.78, 5) is 11.1. The molecular weight excluding hydrogens is 304 g/mol. The number of hydrogen-bond acceptors (Lipinski definition) is 3. The van der Waals surface area contributed by atoms with Crippen molar-refractivity contribution in [2.24, 2.45) is 0 Å². The summed E-state index contributed by atoms with van der Waals surface area (Å²) in [7, 11) is 0. The molecule has 4 rings (SSSR count). The number of carboxylic acids is 1. The van der Waals surface area contributed by atoms with Crippen molar-refractivity contribution >= 4 is 16.9 Å². The number of aromatic carboxylic acids is 1. The van der Waals surface area contributed by atoms with Crippen LogP contribution in [0.2, 0.25) is 0 Å². The fourth-order valence-corrected chi connectivity index (χ4v) is 2.78. The Morgan fingerprint density at radius 2 is 1.91 bits per heavy atom. The number of carbonyl (C=O) groups is 1. The highest BCUT2D eigenvalue weighted by molar-refractivity contribution is 5.90. The van der Waals surface area contributed by atoms with Crippen molar-refractivity contribution in [3.8, 4) is 11.3 Å². The molecule has 5 nitrogen and oxygen atoms in total. The molecule has 2 heterocycles. The maximum Gasteiger partial charge on any atom is 0.356 e. The van der Waals surface area contributed by atoms with Crippen molar-refractivity contribution in [1.82, 2.24) is 14.8 Å². The van der Waals surface area contributed by atoms with Crippen LogP contribution in [0.25, 0.3) is 22.2 Å². The summed E-state index contributed by atoms with van der Waals surface area (Å²) in [6.45, 7) is 0. The number of nitrogens with zero attached hydrogens (tertiary/aromatic N) is 3. The molecule has 1 aliphatic rings. The zero-order valence-corrected chi connectivity index (χ0v) is 11.8. The Morgan fingerprint density at radius 3 is 2.61 bits per heavy atom. The molecule has 0 unspecified atom stereocenters. The summed E-state index contributed by atoms with van der Waals surface area (Å²) in [6.07, 6.45) is 3.34. The highest BCUT2D eigenvalue weighted by atomic mass is 19.2. The molecule has 23 heavy (non-hydrogen) atoms. The number of hydrogen-bond donors (Lipinski definition) is 1. The lowest BCUT2D eigenvalue weighted by molar-refractivity contribution is 0.0689. The van der Waals surface area contributed by atoms with Crippen LogP contribution in [0.1, 0.15) is 29.4 Å². The summed E-state index contributed by atoms with van der Waals surface area (Å²) in [6, 6.07) is 5.67. The van der Waals surface area contributed by atoms with Crippen LogP contribution < -0.4 is 0 Å². The van der Waals surface area contributed by atoms with Crippen LogP contribution in [0.3, 0.4) is 0 Å². The second-order valence-electron chi connectivity index (χ2n) is 5.59. The van der Waals surface area contributed by atoms with E-state index in [2.05, 4.69) is 10.2 Å². The largest absolute Gasteiger partial charge is 0.476 e. The molecule has 0 radical (unpaired) electrons. The molecule has 0 bridgehead atoms. The fraction of sp³-hybridized carbons (Fsp3) is 0.188. The Morgan fingerprint density at radius 1 is 1.17 bits per heavy atom. The molecule has 0 atom stereocenters. The standard InChI is InChI=1S/C16H11F2N3O2/c17-11-3-8-5-14(9-4-13(16(22)23)20-19-7-9)21(10-1-2-10)15(8)6-12(11)18/h3-7,10H,1-2H2,(H,22,23). The first-order chi connectivity index (χ1) is 11.0. The Hall–Kier alpha value is -2.83. The summed E-state index contributed by atoms with van der Waals surface area (Å²) < 4.78 is 29.0. The second kappa shape index (κ2) is 4.84. The highest BCUT2D eigenvalue weighted by Crippen LogP contribution is 2.42. The van der Waals surface area contributed by atoms with Crippen LogP contribution in [-0.2, 0) is 0 Å². The van der Waals surface area contributed by atoms with Gasteiger partial charge < -0.3 is 9.67 Å². The lowest BCUT2D eigenvalue weighted by Crippen LogP contribution is -2.03. The average Bonchev–Trinajstić information content (AvgIpc) is 3.30. The predicted molar refractivity (Wildman–Crippen MR) is 78.1 cm³/mol. The number of carboxylic acid groups (broad SMARTS) is 1. The molecule has 2 aromatic heterocycles. The molecule has 1 N–H and O–H groups in total. The van der Waals surface area contributed by atoms with Gasteiger partial charge in [-0.15, -0.1) is 5.10 Å². The molecule has 7 heteroatoms. The molecule has 0 spiro atoms. The SMILES string of the molecule is O=C(O)c1cc(-c2cc3cc(F)c(F)cc3n2C2CC2)cnn1. The third-order valence-corrected chi connectivity index (χ3v) is 3.96. The second-order valence-corrected chi connectivity index (χ2v) is 5.59. The van der Waals surface area contributed by atoms with Gasteiger partial charge in [0.2, 0.25) is 0 Å². The summed E-state index contributed by atoms with van der Waals surface area (Å²) in [5.41, 5.74) is 1.66. The zero-order chi connectivity index (χ0) is 16.1. The fourth-order valence-electron chi connectivity index (χ4n) is 2.78. The Bertz CT molecular complexity index is 948. The van der Waals surface area contributed by atoms with E-state index in [-0.39, 0.29) is 11.7 Å². The normalized spacial score (nSPS) is 14.3. The lowest BCUT2D eigenvalue weighted by atomic mass is 10.2. The molecule has 116 valence electrons. The van der Waals surface area contributed by atoms with Gasteiger partial charge in [0.15, 0.2) is 17.3 Å². The Kier molecular flexibility index (Phi) is 2.90. The van der Waals surface area contributed by atoms with Gasteiger partial charge in [-0.3, -0.25) is 0 Å². The Labute approximate surface area is 129 Å². The number of rotatable bonds is 3. The lowest BCUT2D eigenvalue weighted by Gasteiger charge is -2.09. The maximum absolute atomic E-state index is 13.6. The summed E-state index contributed by atoms with van der Waals surface area (Å²) in [5, 5.41) is 16.9. The van der Waals surface area contributed by atoms with Gasteiger partial charge in [-0.25, -0.2) is 13.6 Å². The van der Waals surface area contributed by atoms with E-state index in [0.29, 0.717) is 22.2 Å². The van der Waals surface area contributed by atoms with Gasteiger partial charge in [-0.05, 0) is 31.0 Å². The van der Waals surface area contributed by atoms with Crippen LogP contribution in [0.5, 0.6) is 0 Å². The topological polar surface area (TPSA) is 68.0 Å². The third kappa shape index (κ3) is 2.25. The predicted octanol–water partition coefficient (Wildman–Crippen LogP) is 3.41. The van der Waals surface area contributed by atoms with Gasteiger partial charge in [0.05, 0.1) is 17.4 Å². The summed E-state index contributed by atoms with van der Waals surface area (Å²) >= 11 is 0. The van der Waals surface area contributed by atoms with Crippen molar-refractivity contribution in [2.45, 2.75) is 18.9 Å². The minimum atomic E-state index is -1.18. The minimum Gasteiger partial charge on any atom is -0.476 e. The van der Waals surface area contributed by atoms with E-state index >= 15 is 0 Å². The van der Waals surface area contributed by atoms with E-state index in [1.165, 1.54) is 18.3 Å². The number of aromatic nitrogens is 3. The molecule has 0 saturated heterocycles.